The van der Waals surface area contributed by atoms with Crippen molar-refractivity contribution >= 4 is 29.0 Å². The summed E-state index contributed by atoms with van der Waals surface area (Å²) in [6.45, 7) is 0.335. The Bertz CT molecular complexity index is 636. The van der Waals surface area contributed by atoms with E-state index < -0.39 is 0 Å². The predicted molar refractivity (Wildman–Crippen MR) is 80.6 cm³/mol. The number of carbonyl (C=O) groups excluding carboxylic acids is 1. The maximum absolute atomic E-state index is 12.3. The third-order valence-electron chi connectivity index (χ3n) is 3.54. The fourth-order valence-electron chi connectivity index (χ4n) is 2.08. The number of nitrogens with zero attached hydrogens (tertiary/aromatic N) is 4. The molecule has 0 aromatic carbocycles. The highest BCUT2D eigenvalue weighted by molar-refractivity contribution is 8.00. The Morgan fingerprint density at radius 1 is 1.52 bits per heavy atom. The molecule has 0 spiro atoms. The number of aromatic nitrogens is 3. The van der Waals surface area contributed by atoms with Crippen LogP contribution in [-0.4, -0.2) is 39.2 Å². The van der Waals surface area contributed by atoms with Gasteiger partial charge in [0.1, 0.15) is 10.0 Å². The first-order valence-electron chi connectivity index (χ1n) is 6.75. The van der Waals surface area contributed by atoms with Crippen LogP contribution in [0.3, 0.4) is 0 Å². The minimum absolute atomic E-state index is 0.124. The van der Waals surface area contributed by atoms with Crippen molar-refractivity contribution in [1.82, 2.24) is 20.0 Å². The number of hydrogen-bond acceptors (Lipinski definition) is 7. The Morgan fingerprint density at radius 2 is 2.33 bits per heavy atom. The van der Waals surface area contributed by atoms with Crippen LogP contribution < -0.4 is 0 Å². The largest absolute Gasteiger partial charge is 0.339 e. The molecule has 1 aliphatic rings. The van der Waals surface area contributed by atoms with Crippen LogP contribution >= 0.6 is 23.1 Å². The smallest absolute Gasteiger partial charge is 0.273 e. The standard InChI is InChI=1S/C13H16N4O2S2/c1-17(12(18)9-7-21-13(14-9)20-2)6-10-15-11(19-16-10)8-4-3-5-8/h7-8H,3-6H2,1-2H3. The summed E-state index contributed by atoms with van der Waals surface area (Å²) >= 11 is 3.01. The molecule has 0 aliphatic heterocycles. The van der Waals surface area contributed by atoms with Crippen molar-refractivity contribution in [3.8, 4) is 0 Å². The Balaban J connectivity index is 1.63. The lowest BCUT2D eigenvalue weighted by Crippen LogP contribution is -2.27. The van der Waals surface area contributed by atoms with Gasteiger partial charge in [-0.2, -0.15) is 4.98 Å². The van der Waals surface area contributed by atoms with E-state index in [1.165, 1.54) is 29.5 Å². The average Bonchev–Trinajstić information content (AvgIpc) is 3.05. The van der Waals surface area contributed by atoms with Crippen molar-refractivity contribution in [1.29, 1.82) is 0 Å². The van der Waals surface area contributed by atoms with E-state index in [1.807, 2.05) is 6.26 Å². The molecule has 2 heterocycles. The van der Waals surface area contributed by atoms with Gasteiger partial charge in [0.05, 0.1) is 6.54 Å². The third-order valence-corrected chi connectivity index (χ3v) is 5.40. The van der Waals surface area contributed by atoms with E-state index in [2.05, 4.69) is 15.1 Å². The fourth-order valence-corrected chi connectivity index (χ4v) is 3.32. The van der Waals surface area contributed by atoms with E-state index in [0.717, 1.165) is 17.2 Å². The molecule has 0 bridgehead atoms. The summed E-state index contributed by atoms with van der Waals surface area (Å²) in [6.07, 6.45) is 5.40. The van der Waals surface area contributed by atoms with Crippen LogP contribution in [0.5, 0.6) is 0 Å². The maximum atomic E-state index is 12.3. The summed E-state index contributed by atoms with van der Waals surface area (Å²) < 4.78 is 6.15. The van der Waals surface area contributed by atoms with Crippen LogP contribution in [0.25, 0.3) is 0 Å². The Hall–Kier alpha value is -1.41. The zero-order valence-corrected chi connectivity index (χ0v) is 13.5. The van der Waals surface area contributed by atoms with E-state index in [9.17, 15) is 4.79 Å². The predicted octanol–water partition coefficient (Wildman–Crippen LogP) is 2.79. The molecular formula is C13H16N4O2S2. The van der Waals surface area contributed by atoms with Crippen molar-refractivity contribution in [2.75, 3.05) is 13.3 Å². The molecule has 3 rings (SSSR count). The lowest BCUT2D eigenvalue weighted by atomic mass is 9.85. The summed E-state index contributed by atoms with van der Waals surface area (Å²) in [7, 11) is 1.72. The lowest BCUT2D eigenvalue weighted by molar-refractivity contribution is 0.0775. The summed E-state index contributed by atoms with van der Waals surface area (Å²) in [5, 5.41) is 5.73. The Labute approximate surface area is 130 Å². The van der Waals surface area contributed by atoms with Gasteiger partial charge in [-0.3, -0.25) is 4.79 Å². The normalized spacial score (nSPS) is 15.0. The van der Waals surface area contributed by atoms with Gasteiger partial charge in [0.2, 0.25) is 5.89 Å². The number of hydrogen-bond donors (Lipinski definition) is 0. The first-order chi connectivity index (χ1) is 10.2. The highest BCUT2D eigenvalue weighted by Gasteiger charge is 2.26. The molecule has 0 radical (unpaired) electrons. The summed E-state index contributed by atoms with van der Waals surface area (Å²) in [4.78, 5) is 22.5. The number of rotatable bonds is 5. The molecule has 1 saturated carbocycles. The molecular weight excluding hydrogens is 308 g/mol. The third kappa shape index (κ3) is 3.11. The van der Waals surface area contributed by atoms with E-state index in [-0.39, 0.29) is 5.91 Å². The minimum Gasteiger partial charge on any atom is -0.339 e. The number of thioether (sulfide) groups is 1. The molecule has 6 nitrogen and oxygen atoms in total. The van der Waals surface area contributed by atoms with Gasteiger partial charge < -0.3 is 9.42 Å². The first kappa shape index (κ1) is 14.5. The second-order valence-electron chi connectivity index (χ2n) is 5.04. The van der Waals surface area contributed by atoms with Crippen LogP contribution in [0.4, 0.5) is 0 Å². The van der Waals surface area contributed by atoms with Gasteiger partial charge in [-0.25, -0.2) is 4.98 Å². The summed E-state index contributed by atoms with van der Waals surface area (Å²) in [6, 6.07) is 0. The molecule has 21 heavy (non-hydrogen) atoms. The van der Waals surface area contributed by atoms with E-state index >= 15 is 0 Å². The Kier molecular flexibility index (Phi) is 4.25. The Morgan fingerprint density at radius 3 is 2.95 bits per heavy atom. The number of carbonyl (C=O) groups is 1. The summed E-state index contributed by atoms with van der Waals surface area (Å²) in [5.41, 5.74) is 0.467. The van der Waals surface area contributed by atoms with Gasteiger partial charge >= 0.3 is 0 Å². The molecule has 1 fully saturated rings. The molecule has 0 unspecified atom stereocenters. The molecule has 112 valence electrons. The van der Waals surface area contributed by atoms with Crippen molar-refractivity contribution in [2.24, 2.45) is 0 Å². The number of thiazole rings is 1. The quantitative estimate of drug-likeness (QED) is 0.788. The first-order valence-corrected chi connectivity index (χ1v) is 8.85. The SMILES string of the molecule is CSc1nc(C(=O)N(C)Cc2noc(C3CCC3)n2)cs1. The molecule has 0 atom stereocenters. The minimum atomic E-state index is -0.124. The van der Waals surface area contributed by atoms with Crippen molar-refractivity contribution < 1.29 is 9.32 Å². The van der Waals surface area contributed by atoms with Crippen molar-refractivity contribution in [3.63, 3.8) is 0 Å². The molecule has 2 aromatic rings. The van der Waals surface area contributed by atoms with Gasteiger partial charge in [-0.05, 0) is 19.1 Å². The highest BCUT2D eigenvalue weighted by Crippen LogP contribution is 2.35. The fraction of sp³-hybridized carbons (Fsp3) is 0.538. The van der Waals surface area contributed by atoms with Gasteiger partial charge in [0, 0.05) is 18.3 Å². The zero-order valence-electron chi connectivity index (χ0n) is 11.9. The van der Waals surface area contributed by atoms with Gasteiger partial charge in [0.15, 0.2) is 5.82 Å². The number of amides is 1. The van der Waals surface area contributed by atoms with E-state index in [1.54, 1.807) is 17.3 Å². The van der Waals surface area contributed by atoms with Crippen molar-refractivity contribution in [2.45, 2.75) is 36.1 Å². The second-order valence-corrected chi connectivity index (χ2v) is 6.95. The zero-order chi connectivity index (χ0) is 14.8. The van der Waals surface area contributed by atoms with Gasteiger partial charge in [0.25, 0.3) is 5.91 Å². The van der Waals surface area contributed by atoms with Crippen LogP contribution in [0.15, 0.2) is 14.2 Å². The molecule has 8 heteroatoms. The van der Waals surface area contributed by atoms with E-state index in [0.29, 0.717) is 29.9 Å². The molecule has 1 aliphatic carbocycles. The van der Waals surface area contributed by atoms with Gasteiger partial charge in [-0.15, -0.1) is 11.3 Å². The molecule has 0 saturated heterocycles. The molecule has 1 amide bonds. The topological polar surface area (TPSA) is 72.1 Å². The van der Waals surface area contributed by atoms with Crippen LogP contribution in [0.1, 0.15) is 47.4 Å². The monoisotopic (exact) mass is 324 g/mol. The summed E-state index contributed by atoms with van der Waals surface area (Å²) in [5.74, 6) is 1.54. The van der Waals surface area contributed by atoms with Crippen LogP contribution in [0.2, 0.25) is 0 Å². The average molecular weight is 324 g/mol. The van der Waals surface area contributed by atoms with Crippen molar-refractivity contribution in [3.05, 3.63) is 22.8 Å². The maximum Gasteiger partial charge on any atom is 0.273 e. The highest BCUT2D eigenvalue weighted by atomic mass is 32.2. The lowest BCUT2D eigenvalue weighted by Gasteiger charge is -2.20. The molecule has 0 N–H and O–H groups in total. The van der Waals surface area contributed by atoms with E-state index in [4.69, 9.17) is 4.52 Å². The van der Waals surface area contributed by atoms with Crippen LogP contribution in [-0.2, 0) is 6.54 Å². The second kappa shape index (κ2) is 6.15. The van der Waals surface area contributed by atoms with Gasteiger partial charge in [-0.1, -0.05) is 23.3 Å². The molecule has 2 aromatic heterocycles. The van der Waals surface area contributed by atoms with Crippen LogP contribution in [0, 0.1) is 0 Å².